The lowest BCUT2D eigenvalue weighted by atomic mass is 9.99. The Labute approximate surface area is 143 Å². The number of hydrogen-bond donors (Lipinski definition) is 1. The fraction of sp³-hybridized carbons (Fsp3) is 0.562. The minimum absolute atomic E-state index is 0. The molecule has 6 heteroatoms. The zero-order chi connectivity index (χ0) is 15.4. The summed E-state index contributed by atoms with van der Waals surface area (Å²) in [6, 6.07) is 5.61. The van der Waals surface area contributed by atoms with Gasteiger partial charge in [0.2, 0.25) is 5.91 Å². The van der Waals surface area contributed by atoms with Crippen LogP contribution in [0.15, 0.2) is 18.2 Å². The fourth-order valence-corrected chi connectivity index (χ4v) is 3.11. The van der Waals surface area contributed by atoms with Gasteiger partial charge in [0.1, 0.15) is 5.75 Å². The van der Waals surface area contributed by atoms with Crippen molar-refractivity contribution in [2.75, 3.05) is 14.2 Å². The molecular weight excluding hydrogens is 323 g/mol. The Balaban J connectivity index is 0.00000242. The van der Waals surface area contributed by atoms with Gasteiger partial charge in [-0.05, 0) is 37.0 Å². The second-order valence-electron chi connectivity index (χ2n) is 5.76. The molecule has 0 spiro atoms. The molecule has 0 unspecified atom stereocenters. The summed E-state index contributed by atoms with van der Waals surface area (Å²) in [5, 5.41) is 0.643. The number of ether oxygens (including phenoxy) is 1. The Morgan fingerprint density at radius 3 is 2.77 bits per heavy atom. The van der Waals surface area contributed by atoms with Gasteiger partial charge in [-0.2, -0.15) is 0 Å². The van der Waals surface area contributed by atoms with Gasteiger partial charge in [0, 0.05) is 36.6 Å². The molecule has 0 saturated heterocycles. The molecule has 2 atom stereocenters. The van der Waals surface area contributed by atoms with Gasteiger partial charge in [-0.25, -0.2) is 0 Å². The van der Waals surface area contributed by atoms with Crippen molar-refractivity contribution in [3.63, 3.8) is 0 Å². The summed E-state index contributed by atoms with van der Waals surface area (Å²) < 4.78 is 5.31. The highest BCUT2D eigenvalue weighted by Crippen LogP contribution is 2.28. The van der Waals surface area contributed by atoms with E-state index in [1.54, 1.807) is 18.1 Å². The van der Waals surface area contributed by atoms with Crippen molar-refractivity contribution in [1.82, 2.24) is 4.90 Å². The minimum Gasteiger partial charge on any atom is -0.496 e. The van der Waals surface area contributed by atoms with E-state index in [9.17, 15) is 4.79 Å². The molecule has 1 fully saturated rings. The van der Waals surface area contributed by atoms with E-state index >= 15 is 0 Å². The molecule has 2 N–H and O–H groups in total. The van der Waals surface area contributed by atoms with Crippen LogP contribution in [0.25, 0.3) is 0 Å². The molecule has 1 saturated carbocycles. The van der Waals surface area contributed by atoms with Gasteiger partial charge in [-0.1, -0.05) is 18.0 Å². The molecule has 1 aromatic carbocycles. The summed E-state index contributed by atoms with van der Waals surface area (Å²) in [4.78, 5) is 14.1. The number of halogens is 2. The van der Waals surface area contributed by atoms with Crippen molar-refractivity contribution >= 4 is 29.9 Å². The first kappa shape index (κ1) is 19.1. The van der Waals surface area contributed by atoms with E-state index in [0.29, 0.717) is 23.9 Å². The lowest BCUT2D eigenvalue weighted by Gasteiger charge is -2.22. The molecule has 0 aromatic heterocycles. The Morgan fingerprint density at radius 2 is 2.18 bits per heavy atom. The fourth-order valence-electron chi connectivity index (χ4n) is 2.91. The van der Waals surface area contributed by atoms with Gasteiger partial charge >= 0.3 is 0 Å². The van der Waals surface area contributed by atoms with Gasteiger partial charge in [-0.3, -0.25) is 4.79 Å². The maximum absolute atomic E-state index is 12.3. The molecule has 1 aliphatic carbocycles. The van der Waals surface area contributed by atoms with Gasteiger partial charge in [0.05, 0.1) is 7.11 Å². The maximum atomic E-state index is 12.3. The van der Waals surface area contributed by atoms with E-state index in [4.69, 9.17) is 22.1 Å². The van der Waals surface area contributed by atoms with Gasteiger partial charge in [-0.15, -0.1) is 12.4 Å². The van der Waals surface area contributed by atoms with Crippen LogP contribution in [0.5, 0.6) is 5.75 Å². The molecule has 1 aromatic rings. The smallest absolute Gasteiger partial charge is 0.222 e. The van der Waals surface area contributed by atoms with E-state index in [0.717, 1.165) is 30.6 Å². The lowest BCUT2D eigenvalue weighted by Crippen LogP contribution is -2.32. The third-order valence-electron chi connectivity index (χ3n) is 4.23. The summed E-state index contributed by atoms with van der Waals surface area (Å²) in [6.07, 6.45) is 3.75. The molecule has 2 rings (SSSR count). The van der Waals surface area contributed by atoms with Gasteiger partial charge in [0.25, 0.3) is 0 Å². The van der Waals surface area contributed by atoms with Crippen molar-refractivity contribution in [2.24, 2.45) is 11.7 Å². The molecule has 1 aliphatic rings. The number of benzene rings is 1. The van der Waals surface area contributed by atoms with Crippen LogP contribution in [0.4, 0.5) is 0 Å². The zero-order valence-electron chi connectivity index (χ0n) is 13.0. The molecule has 0 heterocycles. The molecule has 0 aliphatic heterocycles. The largest absolute Gasteiger partial charge is 0.496 e. The third-order valence-corrected chi connectivity index (χ3v) is 4.47. The van der Waals surface area contributed by atoms with Crippen LogP contribution in [0.3, 0.4) is 0 Å². The summed E-state index contributed by atoms with van der Waals surface area (Å²) in [7, 11) is 3.43. The van der Waals surface area contributed by atoms with Crippen molar-refractivity contribution < 1.29 is 9.53 Å². The normalized spacial score (nSPS) is 20.4. The van der Waals surface area contributed by atoms with Crippen molar-refractivity contribution in [2.45, 2.75) is 38.3 Å². The van der Waals surface area contributed by atoms with Gasteiger partial charge in [0.15, 0.2) is 0 Å². The van der Waals surface area contributed by atoms with E-state index in [1.165, 1.54) is 0 Å². The Kier molecular flexibility index (Phi) is 7.46. The van der Waals surface area contributed by atoms with Gasteiger partial charge < -0.3 is 15.4 Å². The van der Waals surface area contributed by atoms with Crippen LogP contribution in [0.2, 0.25) is 5.02 Å². The molecule has 4 nitrogen and oxygen atoms in total. The zero-order valence-corrected chi connectivity index (χ0v) is 14.6. The second-order valence-corrected chi connectivity index (χ2v) is 6.20. The highest BCUT2D eigenvalue weighted by molar-refractivity contribution is 6.30. The minimum atomic E-state index is 0. The summed E-state index contributed by atoms with van der Waals surface area (Å²) in [6.45, 7) is 0.491. The quantitative estimate of drug-likeness (QED) is 0.890. The molecule has 22 heavy (non-hydrogen) atoms. The predicted octanol–water partition coefficient (Wildman–Crippen LogP) is 3.25. The number of nitrogens with two attached hydrogens (primary N) is 1. The van der Waals surface area contributed by atoms with Crippen LogP contribution in [-0.2, 0) is 11.3 Å². The first-order valence-electron chi connectivity index (χ1n) is 7.33. The molecule has 124 valence electrons. The van der Waals surface area contributed by atoms with E-state index < -0.39 is 0 Å². The highest BCUT2D eigenvalue weighted by Gasteiger charge is 2.27. The molecule has 0 bridgehead atoms. The Morgan fingerprint density at radius 1 is 1.45 bits per heavy atom. The summed E-state index contributed by atoms with van der Waals surface area (Å²) in [5.41, 5.74) is 6.95. The number of methoxy groups -OCH3 is 1. The van der Waals surface area contributed by atoms with Crippen LogP contribution in [-0.4, -0.2) is 31.0 Å². The standard InChI is InChI=1S/C16H23ClN2O2.ClH/c1-19(16(20)9-11-4-3-5-14(11)18)10-12-8-13(17)6-7-15(12)21-2;/h6-8,11,14H,3-5,9-10,18H2,1-2H3;1H/t11-,14+;/m0./s1. The van der Waals surface area contributed by atoms with E-state index in [1.807, 2.05) is 19.2 Å². The monoisotopic (exact) mass is 346 g/mol. The second kappa shape index (κ2) is 8.61. The Hall–Kier alpha value is -0.970. The first-order chi connectivity index (χ1) is 10.0. The average Bonchev–Trinajstić information content (AvgIpc) is 2.84. The number of nitrogens with zero attached hydrogens (tertiary/aromatic N) is 1. The van der Waals surface area contributed by atoms with Crippen LogP contribution >= 0.6 is 24.0 Å². The van der Waals surface area contributed by atoms with Crippen LogP contribution in [0, 0.1) is 5.92 Å². The lowest BCUT2D eigenvalue weighted by molar-refractivity contribution is -0.131. The number of amides is 1. The average molecular weight is 347 g/mol. The van der Waals surface area contributed by atoms with E-state index in [-0.39, 0.29) is 24.4 Å². The SMILES string of the molecule is COc1ccc(Cl)cc1CN(C)C(=O)C[C@@H]1CCC[C@H]1N.Cl. The third kappa shape index (κ3) is 4.77. The molecule has 1 amide bonds. The topological polar surface area (TPSA) is 55.6 Å². The van der Waals surface area contributed by atoms with Crippen molar-refractivity contribution in [3.05, 3.63) is 28.8 Å². The molecular formula is C16H24Cl2N2O2. The number of carbonyl (C=O) groups is 1. The Bertz CT molecular complexity index is 511. The van der Waals surface area contributed by atoms with Crippen molar-refractivity contribution in [1.29, 1.82) is 0 Å². The number of carbonyl (C=O) groups excluding carboxylic acids is 1. The summed E-state index contributed by atoms with van der Waals surface area (Å²) in [5.74, 6) is 1.19. The first-order valence-corrected chi connectivity index (χ1v) is 7.71. The number of hydrogen-bond acceptors (Lipinski definition) is 3. The molecule has 0 radical (unpaired) electrons. The van der Waals surface area contributed by atoms with E-state index in [2.05, 4.69) is 0 Å². The highest BCUT2D eigenvalue weighted by atomic mass is 35.5. The van der Waals surface area contributed by atoms with Crippen LogP contribution < -0.4 is 10.5 Å². The predicted molar refractivity (Wildman–Crippen MR) is 91.7 cm³/mol. The summed E-state index contributed by atoms with van der Waals surface area (Å²) >= 11 is 6.02. The maximum Gasteiger partial charge on any atom is 0.222 e. The van der Waals surface area contributed by atoms with Crippen LogP contribution in [0.1, 0.15) is 31.2 Å². The number of rotatable bonds is 5. The van der Waals surface area contributed by atoms with Crippen molar-refractivity contribution in [3.8, 4) is 5.75 Å².